The molecule has 29 heavy (non-hydrogen) atoms. The summed E-state index contributed by atoms with van der Waals surface area (Å²) >= 11 is 0. The van der Waals surface area contributed by atoms with Gasteiger partial charge in [-0.2, -0.15) is 13.2 Å². The van der Waals surface area contributed by atoms with E-state index in [1.807, 2.05) is 0 Å². The Morgan fingerprint density at radius 1 is 1.14 bits per heavy atom. The number of benzene rings is 2. The van der Waals surface area contributed by atoms with E-state index < -0.39 is 21.8 Å². The molecule has 5 nitrogen and oxygen atoms in total. The van der Waals surface area contributed by atoms with Crippen LogP contribution in [0.25, 0.3) is 0 Å². The molecule has 2 aromatic rings. The van der Waals surface area contributed by atoms with E-state index in [0.29, 0.717) is 25.1 Å². The SMILES string of the molecule is CN(C)S(=O)(=O)c1ccc2c(c1)CCCN2C(=O)Cc1cccc(C(F)(F)F)c1. The van der Waals surface area contributed by atoms with Crippen LogP contribution in [0.3, 0.4) is 0 Å². The van der Waals surface area contributed by atoms with Crippen LogP contribution in [0, 0.1) is 0 Å². The highest BCUT2D eigenvalue weighted by molar-refractivity contribution is 7.89. The van der Waals surface area contributed by atoms with Crippen molar-refractivity contribution in [3.63, 3.8) is 0 Å². The monoisotopic (exact) mass is 426 g/mol. The zero-order chi connectivity index (χ0) is 21.4. The predicted molar refractivity (Wildman–Crippen MR) is 103 cm³/mol. The molecule has 9 heteroatoms. The number of hydrogen-bond donors (Lipinski definition) is 0. The number of hydrogen-bond acceptors (Lipinski definition) is 3. The van der Waals surface area contributed by atoms with E-state index in [2.05, 4.69) is 0 Å². The van der Waals surface area contributed by atoms with Gasteiger partial charge in [0.05, 0.1) is 16.9 Å². The number of nitrogens with zero attached hydrogens (tertiary/aromatic N) is 2. The van der Waals surface area contributed by atoms with Gasteiger partial charge in [0, 0.05) is 26.3 Å². The Morgan fingerprint density at radius 2 is 1.86 bits per heavy atom. The number of carbonyl (C=O) groups is 1. The molecule has 0 radical (unpaired) electrons. The minimum absolute atomic E-state index is 0.147. The minimum atomic E-state index is -4.47. The lowest BCUT2D eigenvalue weighted by Crippen LogP contribution is -2.36. The zero-order valence-corrected chi connectivity index (χ0v) is 16.8. The van der Waals surface area contributed by atoms with Crippen LogP contribution in [0.4, 0.5) is 18.9 Å². The van der Waals surface area contributed by atoms with Crippen molar-refractivity contribution < 1.29 is 26.4 Å². The van der Waals surface area contributed by atoms with Crippen LogP contribution in [0.15, 0.2) is 47.4 Å². The second kappa shape index (κ2) is 7.79. The van der Waals surface area contributed by atoms with E-state index in [1.54, 1.807) is 12.1 Å². The van der Waals surface area contributed by atoms with Crippen LogP contribution in [0.1, 0.15) is 23.1 Å². The van der Waals surface area contributed by atoms with Crippen molar-refractivity contribution in [1.29, 1.82) is 0 Å². The first-order valence-electron chi connectivity index (χ1n) is 9.02. The summed E-state index contributed by atoms with van der Waals surface area (Å²) in [4.78, 5) is 14.5. The number of halogens is 3. The first-order chi connectivity index (χ1) is 13.5. The van der Waals surface area contributed by atoms with Crippen LogP contribution in [0.5, 0.6) is 0 Å². The van der Waals surface area contributed by atoms with Crippen LogP contribution in [-0.4, -0.2) is 39.3 Å². The van der Waals surface area contributed by atoms with E-state index in [4.69, 9.17) is 0 Å². The second-order valence-electron chi connectivity index (χ2n) is 7.10. The highest BCUT2D eigenvalue weighted by atomic mass is 32.2. The summed E-state index contributed by atoms with van der Waals surface area (Å²) in [6.45, 7) is 0.435. The molecule has 2 aromatic carbocycles. The lowest BCUT2D eigenvalue weighted by molar-refractivity contribution is -0.137. The van der Waals surface area contributed by atoms with Crippen molar-refractivity contribution >= 4 is 21.6 Å². The molecule has 0 bridgehead atoms. The normalized spacial score (nSPS) is 14.8. The van der Waals surface area contributed by atoms with Crippen molar-refractivity contribution in [3.8, 4) is 0 Å². The number of carbonyl (C=O) groups excluding carboxylic acids is 1. The van der Waals surface area contributed by atoms with Crippen molar-refractivity contribution in [2.45, 2.75) is 30.3 Å². The third-order valence-electron chi connectivity index (χ3n) is 4.86. The summed E-state index contributed by atoms with van der Waals surface area (Å²) in [6, 6.07) is 9.33. The molecule has 3 rings (SSSR count). The largest absolute Gasteiger partial charge is 0.416 e. The van der Waals surface area contributed by atoms with Gasteiger partial charge in [0.1, 0.15) is 0 Å². The van der Waals surface area contributed by atoms with Gasteiger partial charge in [-0.15, -0.1) is 0 Å². The topological polar surface area (TPSA) is 57.7 Å². The van der Waals surface area contributed by atoms with Gasteiger partial charge in [-0.1, -0.05) is 18.2 Å². The maximum atomic E-state index is 12.9. The summed E-state index contributed by atoms with van der Waals surface area (Å²) in [6.07, 6.45) is -3.36. The fourth-order valence-electron chi connectivity index (χ4n) is 3.33. The van der Waals surface area contributed by atoms with Crippen molar-refractivity contribution in [2.75, 3.05) is 25.5 Å². The number of fused-ring (bicyclic) bond motifs is 1. The molecular formula is C20H21F3N2O3S. The standard InChI is InChI=1S/C20H21F3N2O3S/c1-24(2)29(27,28)17-8-9-18-15(13-17)6-4-10-25(18)19(26)12-14-5-3-7-16(11-14)20(21,22)23/h3,5,7-9,11,13H,4,6,10,12H2,1-2H3. The molecule has 0 aromatic heterocycles. The predicted octanol–water partition coefficient (Wildman–Crippen LogP) is 3.48. The van der Waals surface area contributed by atoms with Gasteiger partial charge in [-0.3, -0.25) is 4.79 Å². The average Bonchev–Trinajstić information content (AvgIpc) is 2.66. The van der Waals surface area contributed by atoms with Crippen molar-refractivity contribution in [2.24, 2.45) is 0 Å². The van der Waals surface area contributed by atoms with E-state index in [0.717, 1.165) is 22.0 Å². The molecule has 0 saturated carbocycles. The zero-order valence-electron chi connectivity index (χ0n) is 16.0. The number of sulfonamides is 1. The van der Waals surface area contributed by atoms with Gasteiger partial charge in [0.15, 0.2) is 0 Å². The fraction of sp³-hybridized carbons (Fsp3) is 0.350. The molecule has 0 spiro atoms. The summed E-state index contributed by atoms with van der Waals surface area (Å²) in [5.41, 5.74) is 0.826. The van der Waals surface area contributed by atoms with Gasteiger partial charge in [-0.05, 0) is 48.2 Å². The highest BCUT2D eigenvalue weighted by Gasteiger charge is 2.31. The minimum Gasteiger partial charge on any atom is -0.312 e. The van der Waals surface area contributed by atoms with Gasteiger partial charge in [-0.25, -0.2) is 12.7 Å². The molecule has 1 heterocycles. The maximum Gasteiger partial charge on any atom is 0.416 e. The van der Waals surface area contributed by atoms with Gasteiger partial charge in [0.2, 0.25) is 15.9 Å². The van der Waals surface area contributed by atoms with Gasteiger partial charge in [0.25, 0.3) is 0 Å². The molecular weight excluding hydrogens is 405 g/mol. The number of aryl methyl sites for hydroxylation is 1. The lowest BCUT2D eigenvalue weighted by atomic mass is 10.0. The number of anilines is 1. The molecule has 0 fully saturated rings. The Bertz CT molecular complexity index is 1030. The molecule has 0 unspecified atom stereocenters. The second-order valence-corrected chi connectivity index (χ2v) is 9.25. The van der Waals surface area contributed by atoms with E-state index in [9.17, 15) is 26.4 Å². The van der Waals surface area contributed by atoms with Crippen molar-refractivity contribution in [1.82, 2.24) is 4.31 Å². The molecule has 0 aliphatic carbocycles. The Hall–Kier alpha value is -2.39. The Balaban J connectivity index is 1.86. The quantitative estimate of drug-likeness (QED) is 0.752. The molecule has 1 aliphatic rings. The third kappa shape index (κ3) is 4.45. The lowest BCUT2D eigenvalue weighted by Gasteiger charge is -2.30. The van der Waals surface area contributed by atoms with E-state index in [-0.39, 0.29) is 22.8 Å². The van der Waals surface area contributed by atoms with Crippen LogP contribution in [0.2, 0.25) is 0 Å². The Morgan fingerprint density at radius 3 is 2.52 bits per heavy atom. The average molecular weight is 426 g/mol. The van der Waals surface area contributed by atoms with Crippen LogP contribution < -0.4 is 4.90 Å². The molecule has 1 amide bonds. The molecule has 0 saturated heterocycles. The number of alkyl halides is 3. The first kappa shape index (κ1) is 21.3. The molecule has 0 N–H and O–H groups in total. The summed E-state index contributed by atoms with van der Waals surface area (Å²) < 4.78 is 64.5. The number of amides is 1. The third-order valence-corrected chi connectivity index (χ3v) is 6.67. The van der Waals surface area contributed by atoms with Crippen LogP contribution >= 0.6 is 0 Å². The summed E-state index contributed by atoms with van der Waals surface area (Å²) in [5, 5.41) is 0. The fourth-order valence-corrected chi connectivity index (χ4v) is 4.28. The summed E-state index contributed by atoms with van der Waals surface area (Å²) in [5.74, 6) is -0.325. The smallest absolute Gasteiger partial charge is 0.312 e. The number of rotatable bonds is 4. The first-order valence-corrected chi connectivity index (χ1v) is 10.5. The maximum absolute atomic E-state index is 12.9. The van der Waals surface area contributed by atoms with Crippen molar-refractivity contribution in [3.05, 3.63) is 59.2 Å². The van der Waals surface area contributed by atoms with E-state index in [1.165, 1.54) is 37.2 Å². The highest BCUT2D eigenvalue weighted by Crippen LogP contribution is 2.32. The Kier molecular flexibility index (Phi) is 5.73. The van der Waals surface area contributed by atoms with Gasteiger partial charge < -0.3 is 4.90 Å². The summed E-state index contributed by atoms with van der Waals surface area (Å²) in [7, 11) is -0.704. The van der Waals surface area contributed by atoms with Crippen LogP contribution in [-0.2, 0) is 33.8 Å². The molecule has 1 aliphatic heterocycles. The van der Waals surface area contributed by atoms with Gasteiger partial charge >= 0.3 is 6.18 Å². The Labute approximate surface area is 167 Å². The molecule has 0 atom stereocenters. The van der Waals surface area contributed by atoms with E-state index >= 15 is 0 Å². The molecule has 156 valence electrons.